The molecule has 0 aromatic rings. The Morgan fingerprint density at radius 3 is 2.64 bits per heavy atom. The molecule has 1 heterocycles. The zero-order valence-corrected chi connectivity index (χ0v) is 7.28. The number of rotatable bonds is 1. The minimum absolute atomic E-state index is 0.193. The van der Waals surface area contributed by atoms with E-state index < -0.39 is 12.4 Å². The second kappa shape index (κ2) is 3.52. The summed E-state index contributed by atoms with van der Waals surface area (Å²) in [4.78, 5) is 0. The van der Waals surface area contributed by atoms with Crippen LogP contribution in [0.1, 0.15) is 20.3 Å². The normalized spacial score (nSPS) is 45.8. The molecule has 3 nitrogen and oxygen atoms in total. The molecule has 66 valence electrons. The summed E-state index contributed by atoms with van der Waals surface area (Å²) in [5.41, 5.74) is 0. The predicted molar refractivity (Wildman–Crippen MR) is 41.1 cm³/mol. The molecule has 0 aromatic carbocycles. The molecule has 1 aliphatic rings. The van der Waals surface area contributed by atoms with E-state index >= 15 is 0 Å². The molecule has 1 aliphatic heterocycles. The molecule has 1 N–H and O–H groups in total. The number of methoxy groups -OCH3 is 1. The molecule has 0 saturated carbocycles. The van der Waals surface area contributed by atoms with Crippen molar-refractivity contribution in [2.24, 2.45) is 5.92 Å². The maximum absolute atomic E-state index is 9.51. The molecule has 0 amide bonds. The largest absolute Gasteiger partial charge is 0.388 e. The molecule has 0 bridgehead atoms. The Morgan fingerprint density at radius 1 is 1.45 bits per heavy atom. The molecule has 1 fully saturated rings. The molecular weight excluding hydrogens is 144 g/mol. The first kappa shape index (κ1) is 8.97. The number of aliphatic hydroxyl groups is 1. The van der Waals surface area contributed by atoms with Crippen molar-refractivity contribution in [3.05, 3.63) is 0 Å². The van der Waals surface area contributed by atoms with Crippen LogP contribution in [0.5, 0.6) is 0 Å². The van der Waals surface area contributed by atoms with Crippen LogP contribution in [0.2, 0.25) is 0 Å². The molecular formula is C8H16O3. The third-order valence-corrected chi connectivity index (χ3v) is 2.16. The first-order chi connectivity index (χ1) is 5.15. The van der Waals surface area contributed by atoms with Crippen molar-refractivity contribution < 1.29 is 14.6 Å². The van der Waals surface area contributed by atoms with Crippen LogP contribution < -0.4 is 0 Å². The van der Waals surface area contributed by atoms with Crippen LogP contribution >= 0.6 is 0 Å². The lowest BCUT2D eigenvalue weighted by Crippen LogP contribution is -2.44. The molecule has 0 aliphatic carbocycles. The Morgan fingerprint density at radius 2 is 2.09 bits per heavy atom. The molecule has 0 spiro atoms. The van der Waals surface area contributed by atoms with Crippen molar-refractivity contribution in [1.82, 2.24) is 0 Å². The van der Waals surface area contributed by atoms with E-state index in [1.165, 1.54) is 0 Å². The van der Waals surface area contributed by atoms with Gasteiger partial charge >= 0.3 is 0 Å². The minimum atomic E-state index is -0.476. The SMILES string of the molecule is CO[C@@H]1O[C@H](C)C[C@H](C)[C@H]1O. The van der Waals surface area contributed by atoms with Crippen LogP contribution in [-0.4, -0.2) is 30.7 Å². The summed E-state index contributed by atoms with van der Waals surface area (Å²) in [6.07, 6.45) is 0.185. The van der Waals surface area contributed by atoms with Crippen molar-refractivity contribution in [2.75, 3.05) is 7.11 Å². The highest BCUT2D eigenvalue weighted by molar-refractivity contribution is 4.76. The fourth-order valence-electron chi connectivity index (χ4n) is 1.49. The highest BCUT2D eigenvalue weighted by Gasteiger charge is 2.33. The topological polar surface area (TPSA) is 38.7 Å². The quantitative estimate of drug-likeness (QED) is 0.615. The van der Waals surface area contributed by atoms with Gasteiger partial charge in [-0.2, -0.15) is 0 Å². The third-order valence-electron chi connectivity index (χ3n) is 2.16. The average molecular weight is 160 g/mol. The molecule has 1 rings (SSSR count). The maximum Gasteiger partial charge on any atom is 0.183 e. The van der Waals surface area contributed by atoms with Crippen molar-refractivity contribution in [3.63, 3.8) is 0 Å². The lowest BCUT2D eigenvalue weighted by molar-refractivity contribution is -0.240. The van der Waals surface area contributed by atoms with Gasteiger partial charge in [0.2, 0.25) is 0 Å². The van der Waals surface area contributed by atoms with Crippen LogP contribution in [-0.2, 0) is 9.47 Å². The number of hydrogen-bond donors (Lipinski definition) is 1. The standard InChI is InChI=1S/C8H16O3/c1-5-4-6(2)11-8(10-3)7(5)9/h5-9H,4H2,1-3H3/t5-,6+,7+,8+/m0/s1. The van der Waals surface area contributed by atoms with Gasteiger partial charge in [0.1, 0.15) is 6.10 Å². The van der Waals surface area contributed by atoms with E-state index in [-0.39, 0.29) is 12.0 Å². The van der Waals surface area contributed by atoms with Gasteiger partial charge < -0.3 is 14.6 Å². The van der Waals surface area contributed by atoms with Gasteiger partial charge in [-0.3, -0.25) is 0 Å². The summed E-state index contributed by atoms with van der Waals surface area (Å²) >= 11 is 0. The van der Waals surface area contributed by atoms with Gasteiger partial charge in [0.05, 0.1) is 6.10 Å². The van der Waals surface area contributed by atoms with E-state index in [0.29, 0.717) is 0 Å². The van der Waals surface area contributed by atoms with E-state index in [1.54, 1.807) is 7.11 Å². The Hall–Kier alpha value is -0.120. The van der Waals surface area contributed by atoms with Crippen LogP contribution in [0.3, 0.4) is 0 Å². The highest BCUT2D eigenvalue weighted by Crippen LogP contribution is 2.24. The smallest absolute Gasteiger partial charge is 0.183 e. The summed E-state index contributed by atoms with van der Waals surface area (Å²) in [6, 6.07) is 0. The van der Waals surface area contributed by atoms with Crippen LogP contribution in [0.25, 0.3) is 0 Å². The van der Waals surface area contributed by atoms with Gasteiger partial charge in [0.25, 0.3) is 0 Å². The maximum atomic E-state index is 9.51. The zero-order chi connectivity index (χ0) is 8.43. The molecule has 1 saturated heterocycles. The molecule has 0 radical (unpaired) electrons. The second-order valence-electron chi connectivity index (χ2n) is 3.25. The summed E-state index contributed by atoms with van der Waals surface area (Å²) in [7, 11) is 1.55. The monoisotopic (exact) mass is 160 g/mol. The predicted octanol–water partition coefficient (Wildman–Crippen LogP) is 0.765. The first-order valence-corrected chi connectivity index (χ1v) is 4.01. The minimum Gasteiger partial charge on any atom is -0.388 e. The van der Waals surface area contributed by atoms with E-state index in [0.717, 1.165) is 6.42 Å². The van der Waals surface area contributed by atoms with E-state index in [2.05, 4.69) is 0 Å². The fourth-order valence-corrected chi connectivity index (χ4v) is 1.49. The Labute approximate surface area is 67.3 Å². The first-order valence-electron chi connectivity index (χ1n) is 4.01. The average Bonchev–Trinajstić information content (AvgIpc) is 1.96. The van der Waals surface area contributed by atoms with Crippen LogP contribution in [0.4, 0.5) is 0 Å². The van der Waals surface area contributed by atoms with Crippen molar-refractivity contribution in [3.8, 4) is 0 Å². The van der Waals surface area contributed by atoms with Crippen molar-refractivity contribution in [2.45, 2.75) is 38.8 Å². The lowest BCUT2D eigenvalue weighted by atomic mass is 9.95. The lowest BCUT2D eigenvalue weighted by Gasteiger charge is -2.35. The zero-order valence-electron chi connectivity index (χ0n) is 7.28. The van der Waals surface area contributed by atoms with Crippen LogP contribution in [0.15, 0.2) is 0 Å². The summed E-state index contributed by atoms with van der Waals surface area (Å²) in [6.45, 7) is 4.00. The summed E-state index contributed by atoms with van der Waals surface area (Å²) in [5, 5.41) is 9.51. The number of hydrogen-bond acceptors (Lipinski definition) is 3. The van der Waals surface area contributed by atoms with Gasteiger partial charge in [-0.15, -0.1) is 0 Å². The van der Waals surface area contributed by atoms with Gasteiger partial charge in [0, 0.05) is 7.11 Å². The van der Waals surface area contributed by atoms with Gasteiger partial charge in [-0.1, -0.05) is 6.92 Å². The summed E-state index contributed by atoms with van der Waals surface area (Å²) in [5.74, 6) is 0.267. The molecule has 11 heavy (non-hydrogen) atoms. The van der Waals surface area contributed by atoms with E-state index in [9.17, 15) is 5.11 Å². The molecule has 3 heteroatoms. The highest BCUT2D eigenvalue weighted by atomic mass is 16.7. The van der Waals surface area contributed by atoms with E-state index in [4.69, 9.17) is 9.47 Å². The van der Waals surface area contributed by atoms with Gasteiger partial charge in [-0.25, -0.2) is 0 Å². The van der Waals surface area contributed by atoms with Gasteiger partial charge in [-0.05, 0) is 19.3 Å². The third kappa shape index (κ3) is 1.92. The van der Waals surface area contributed by atoms with Gasteiger partial charge in [0.15, 0.2) is 6.29 Å². The van der Waals surface area contributed by atoms with Crippen molar-refractivity contribution >= 4 is 0 Å². The molecule has 0 unspecified atom stereocenters. The molecule has 4 atom stereocenters. The Kier molecular flexibility index (Phi) is 2.87. The van der Waals surface area contributed by atoms with Crippen molar-refractivity contribution in [1.29, 1.82) is 0 Å². The fraction of sp³-hybridized carbons (Fsp3) is 1.00. The summed E-state index contributed by atoms with van der Waals surface area (Å²) < 4.78 is 10.3. The Bertz CT molecular complexity index is 127. The van der Waals surface area contributed by atoms with E-state index in [1.807, 2.05) is 13.8 Å². The second-order valence-corrected chi connectivity index (χ2v) is 3.25. The number of aliphatic hydroxyl groups excluding tert-OH is 1. The Balaban J connectivity index is 2.51. The number of ether oxygens (including phenoxy) is 2. The van der Waals surface area contributed by atoms with Crippen LogP contribution in [0, 0.1) is 5.92 Å². The molecule has 0 aromatic heterocycles.